The monoisotopic (exact) mass is 366 g/mol. The number of benzene rings is 1. The molecule has 5 heteroatoms. The van der Waals surface area contributed by atoms with E-state index >= 15 is 0 Å². The average Bonchev–Trinajstić information content (AvgIpc) is 3.11. The van der Waals surface area contributed by atoms with Crippen LogP contribution in [0.15, 0.2) is 33.3 Å². The Morgan fingerprint density at radius 2 is 2.23 bits per heavy atom. The van der Waals surface area contributed by atoms with Gasteiger partial charge < -0.3 is 4.52 Å². The summed E-state index contributed by atoms with van der Waals surface area (Å²) in [7, 11) is 0. The SMILES string of the molecule is CC(C)c1cc([C@H]2CCCN2Cc2ccc(F)c(Br)c2)no1. The van der Waals surface area contributed by atoms with E-state index in [4.69, 9.17) is 4.52 Å². The molecule has 0 radical (unpaired) electrons. The number of aromatic nitrogens is 1. The van der Waals surface area contributed by atoms with E-state index in [-0.39, 0.29) is 5.82 Å². The summed E-state index contributed by atoms with van der Waals surface area (Å²) < 4.78 is 19.3. The number of rotatable bonds is 4. The van der Waals surface area contributed by atoms with Crippen molar-refractivity contribution < 1.29 is 8.91 Å². The van der Waals surface area contributed by atoms with Crippen molar-refractivity contribution in [2.24, 2.45) is 0 Å². The van der Waals surface area contributed by atoms with Crippen LogP contribution < -0.4 is 0 Å². The Kier molecular flexibility index (Phi) is 4.64. The Hall–Kier alpha value is -1.20. The van der Waals surface area contributed by atoms with E-state index in [0.717, 1.165) is 42.9 Å². The molecule has 1 fully saturated rings. The molecule has 0 aliphatic carbocycles. The maximum atomic E-state index is 13.3. The maximum absolute atomic E-state index is 13.3. The lowest BCUT2D eigenvalue weighted by Gasteiger charge is -2.22. The molecule has 2 aromatic rings. The van der Waals surface area contributed by atoms with Crippen LogP contribution in [0, 0.1) is 5.82 Å². The van der Waals surface area contributed by atoms with E-state index in [1.807, 2.05) is 12.1 Å². The van der Waals surface area contributed by atoms with Crippen molar-refractivity contribution in [3.63, 3.8) is 0 Å². The van der Waals surface area contributed by atoms with Crippen LogP contribution >= 0.6 is 15.9 Å². The minimum absolute atomic E-state index is 0.222. The summed E-state index contributed by atoms with van der Waals surface area (Å²) in [6, 6.07) is 7.58. The summed E-state index contributed by atoms with van der Waals surface area (Å²) in [5.74, 6) is 1.07. The summed E-state index contributed by atoms with van der Waals surface area (Å²) in [6.07, 6.45) is 2.24. The standard InChI is InChI=1S/C17H20BrFN2O/c1-11(2)17-9-15(20-22-17)16-4-3-7-21(16)10-12-5-6-14(19)13(18)8-12/h5-6,8-9,11,16H,3-4,7,10H2,1-2H3/t16-/m1/s1. The van der Waals surface area contributed by atoms with Crippen LogP contribution in [0.2, 0.25) is 0 Å². The quantitative estimate of drug-likeness (QED) is 0.759. The average molecular weight is 367 g/mol. The molecule has 3 nitrogen and oxygen atoms in total. The van der Waals surface area contributed by atoms with Crippen molar-refractivity contribution in [3.05, 3.63) is 51.6 Å². The van der Waals surface area contributed by atoms with Gasteiger partial charge in [-0.25, -0.2) is 4.39 Å². The van der Waals surface area contributed by atoms with E-state index < -0.39 is 0 Å². The second kappa shape index (κ2) is 6.50. The molecule has 1 saturated heterocycles. The number of likely N-dealkylation sites (tertiary alicyclic amines) is 1. The molecule has 0 saturated carbocycles. The maximum Gasteiger partial charge on any atom is 0.139 e. The second-order valence-corrected chi connectivity index (χ2v) is 7.04. The van der Waals surface area contributed by atoms with Gasteiger partial charge in [-0.1, -0.05) is 25.1 Å². The van der Waals surface area contributed by atoms with Gasteiger partial charge in [0.15, 0.2) is 0 Å². The van der Waals surface area contributed by atoms with Gasteiger partial charge in [-0.2, -0.15) is 0 Å². The molecule has 1 atom stereocenters. The van der Waals surface area contributed by atoms with Gasteiger partial charge in [0, 0.05) is 18.5 Å². The van der Waals surface area contributed by atoms with Crippen LogP contribution in [0.5, 0.6) is 0 Å². The summed E-state index contributed by atoms with van der Waals surface area (Å²) in [5.41, 5.74) is 2.12. The van der Waals surface area contributed by atoms with Crippen LogP contribution in [0.25, 0.3) is 0 Å². The zero-order valence-corrected chi connectivity index (χ0v) is 14.4. The molecule has 0 bridgehead atoms. The largest absolute Gasteiger partial charge is 0.361 e. The third kappa shape index (κ3) is 3.25. The lowest BCUT2D eigenvalue weighted by molar-refractivity contribution is 0.236. The number of nitrogens with zero attached hydrogens (tertiary/aromatic N) is 2. The van der Waals surface area contributed by atoms with Gasteiger partial charge in [0.05, 0.1) is 10.5 Å². The molecule has 22 heavy (non-hydrogen) atoms. The van der Waals surface area contributed by atoms with Crippen molar-refractivity contribution in [3.8, 4) is 0 Å². The van der Waals surface area contributed by atoms with Gasteiger partial charge in [0.25, 0.3) is 0 Å². The number of hydrogen-bond donors (Lipinski definition) is 0. The lowest BCUT2D eigenvalue weighted by atomic mass is 10.1. The molecule has 1 aromatic carbocycles. The zero-order valence-electron chi connectivity index (χ0n) is 12.9. The van der Waals surface area contributed by atoms with Gasteiger partial charge in [-0.3, -0.25) is 4.90 Å². The smallest absolute Gasteiger partial charge is 0.139 e. The van der Waals surface area contributed by atoms with E-state index in [1.54, 1.807) is 0 Å². The first kappa shape index (κ1) is 15.7. The molecule has 1 aliphatic rings. The van der Waals surface area contributed by atoms with Crippen LogP contribution in [0.4, 0.5) is 4.39 Å². The number of halogens is 2. The molecule has 1 aliphatic heterocycles. The summed E-state index contributed by atoms with van der Waals surface area (Å²) in [5, 5.41) is 4.26. The van der Waals surface area contributed by atoms with Crippen molar-refractivity contribution in [1.29, 1.82) is 0 Å². The molecule has 3 rings (SSSR count). The Labute approximate surface area is 138 Å². The van der Waals surface area contributed by atoms with E-state index in [2.05, 4.69) is 45.9 Å². The molecule has 1 aromatic heterocycles. The predicted octanol–water partition coefficient (Wildman–Crippen LogP) is 5.04. The van der Waals surface area contributed by atoms with Crippen LogP contribution in [-0.2, 0) is 6.54 Å². The van der Waals surface area contributed by atoms with Crippen molar-refractivity contribution >= 4 is 15.9 Å². The Bertz CT molecular complexity index is 656. The molecule has 2 heterocycles. The van der Waals surface area contributed by atoms with E-state index in [0.29, 0.717) is 16.4 Å². The van der Waals surface area contributed by atoms with Crippen molar-refractivity contribution in [1.82, 2.24) is 10.1 Å². The predicted molar refractivity (Wildman–Crippen MR) is 87.1 cm³/mol. The molecular weight excluding hydrogens is 347 g/mol. The van der Waals surface area contributed by atoms with Crippen LogP contribution in [-0.4, -0.2) is 16.6 Å². The molecule has 0 unspecified atom stereocenters. The van der Waals surface area contributed by atoms with Gasteiger partial charge >= 0.3 is 0 Å². The molecule has 0 N–H and O–H groups in total. The first-order valence-corrected chi connectivity index (χ1v) is 8.48. The van der Waals surface area contributed by atoms with Gasteiger partial charge in [0.1, 0.15) is 17.3 Å². The van der Waals surface area contributed by atoms with Gasteiger partial charge in [-0.05, 0) is 53.0 Å². The summed E-state index contributed by atoms with van der Waals surface area (Å²) in [4.78, 5) is 2.39. The van der Waals surface area contributed by atoms with Crippen LogP contribution in [0.3, 0.4) is 0 Å². The minimum atomic E-state index is -0.222. The molecule has 0 spiro atoms. The molecule has 118 valence electrons. The van der Waals surface area contributed by atoms with Crippen molar-refractivity contribution in [2.75, 3.05) is 6.54 Å². The third-order valence-corrected chi connectivity index (χ3v) is 4.80. The summed E-state index contributed by atoms with van der Waals surface area (Å²) >= 11 is 3.25. The van der Waals surface area contributed by atoms with Crippen LogP contribution in [0.1, 0.15) is 55.7 Å². The highest BCUT2D eigenvalue weighted by molar-refractivity contribution is 9.10. The molecule has 0 amide bonds. The highest BCUT2D eigenvalue weighted by Gasteiger charge is 2.29. The highest BCUT2D eigenvalue weighted by Crippen LogP contribution is 2.34. The Balaban J connectivity index is 1.76. The topological polar surface area (TPSA) is 29.3 Å². The first-order valence-electron chi connectivity index (χ1n) is 7.69. The van der Waals surface area contributed by atoms with Gasteiger partial charge in [-0.15, -0.1) is 0 Å². The summed E-state index contributed by atoms with van der Waals surface area (Å²) in [6.45, 7) is 6.04. The normalized spacial score (nSPS) is 19.2. The van der Waals surface area contributed by atoms with E-state index in [1.165, 1.54) is 6.07 Å². The van der Waals surface area contributed by atoms with Crippen molar-refractivity contribution in [2.45, 2.75) is 45.2 Å². The fourth-order valence-corrected chi connectivity index (χ4v) is 3.38. The fraction of sp³-hybridized carbons (Fsp3) is 0.471. The minimum Gasteiger partial charge on any atom is -0.361 e. The Morgan fingerprint density at radius 1 is 1.41 bits per heavy atom. The highest BCUT2D eigenvalue weighted by atomic mass is 79.9. The third-order valence-electron chi connectivity index (χ3n) is 4.19. The number of hydrogen-bond acceptors (Lipinski definition) is 3. The lowest BCUT2D eigenvalue weighted by Crippen LogP contribution is -2.23. The van der Waals surface area contributed by atoms with E-state index in [9.17, 15) is 4.39 Å². The second-order valence-electron chi connectivity index (χ2n) is 6.19. The fourth-order valence-electron chi connectivity index (χ4n) is 2.96. The Morgan fingerprint density at radius 3 is 2.91 bits per heavy atom. The zero-order chi connectivity index (χ0) is 15.7. The van der Waals surface area contributed by atoms with Gasteiger partial charge in [0.2, 0.25) is 0 Å². The first-order chi connectivity index (χ1) is 10.5. The molecular formula is C17H20BrFN2O.